The maximum atomic E-state index is 13.3. The monoisotopic (exact) mass is 279 g/mol. The molecule has 0 aliphatic carbocycles. The van der Waals surface area contributed by atoms with Crippen LogP contribution in [0.4, 0.5) is 18.9 Å². The quantitative estimate of drug-likeness (QED) is 0.693. The lowest BCUT2D eigenvalue weighted by Gasteiger charge is -2.05. The van der Waals surface area contributed by atoms with Crippen LogP contribution in [-0.4, -0.2) is 11.7 Å². The number of nitrogens with one attached hydrogen (secondary N) is 1. The van der Waals surface area contributed by atoms with Crippen LogP contribution in [0.5, 0.6) is 0 Å². The van der Waals surface area contributed by atoms with Gasteiger partial charge in [-0.1, -0.05) is 12.1 Å². The normalized spacial score (nSPS) is 10.2. The van der Waals surface area contributed by atoms with E-state index in [1.165, 1.54) is 18.2 Å². The number of carbonyl (C=O) groups excluding carboxylic acids is 2. The van der Waals surface area contributed by atoms with E-state index in [4.69, 9.17) is 0 Å². The van der Waals surface area contributed by atoms with Gasteiger partial charge < -0.3 is 5.32 Å². The molecule has 2 aromatic rings. The summed E-state index contributed by atoms with van der Waals surface area (Å²) < 4.78 is 39.0. The molecular weight excluding hydrogens is 271 g/mol. The molecule has 0 unspecified atom stereocenters. The molecule has 0 spiro atoms. The van der Waals surface area contributed by atoms with Gasteiger partial charge in [-0.3, -0.25) is 9.59 Å². The third-order valence-electron chi connectivity index (χ3n) is 2.51. The summed E-state index contributed by atoms with van der Waals surface area (Å²) in [4.78, 5) is 23.3. The molecule has 0 aliphatic rings. The summed E-state index contributed by atoms with van der Waals surface area (Å²) in [5.74, 6) is -5.31. The number of benzene rings is 2. The van der Waals surface area contributed by atoms with Gasteiger partial charge in [0.25, 0.3) is 11.7 Å². The minimum atomic E-state index is -1.24. The van der Waals surface area contributed by atoms with Gasteiger partial charge in [-0.25, -0.2) is 13.2 Å². The van der Waals surface area contributed by atoms with Gasteiger partial charge in [0, 0.05) is 5.56 Å². The van der Waals surface area contributed by atoms with Crippen molar-refractivity contribution >= 4 is 17.4 Å². The second kappa shape index (κ2) is 5.56. The molecular formula is C14H8F3NO2. The van der Waals surface area contributed by atoms with E-state index in [1.807, 2.05) is 0 Å². The SMILES string of the molecule is O=C(Nc1ccccc1F)C(=O)c1ccc(F)c(F)c1. The minimum absolute atomic E-state index is 0.173. The largest absolute Gasteiger partial charge is 0.317 e. The highest BCUT2D eigenvalue weighted by Crippen LogP contribution is 2.14. The Hall–Kier alpha value is -2.63. The molecule has 0 saturated carbocycles. The van der Waals surface area contributed by atoms with Crippen molar-refractivity contribution in [2.24, 2.45) is 0 Å². The van der Waals surface area contributed by atoms with Gasteiger partial charge in [-0.15, -0.1) is 0 Å². The van der Waals surface area contributed by atoms with E-state index in [0.29, 0.717) is 6.07 Å². The van der Waals surface area contributed by atoms with Crippen LogP contribution < -0.4 is 5.32 Å². The summed E-state index contributed by atoms with van der Waals surface area (Å²) in [6, 6.07) is 7.59. The number of Topliss-reactive ketones (excluding diaryl/α,β-unsaturated/α-hetero) is 1. The van der Waals surface area contributed by atoms with Crippen LogP contribution in [0.15, 0.2) is 42.5 Å². The van der Waals surface area contributed by atoms with Crippen molar-refractivity contribution in [2.75, 3.05) is 5.32 Å². The average Bonchev–Trinajstić information content (AvgIpc) is 2.43. The summed E-state index contributed by atoms with van der Waals surface area (Å²) in [7, 11) is 0. The Kier molecular flexibility index (Phi) is 3.84. The average molecular weight is 279 g/mol. The van der Waals surface area contributed by atoms with E-state index in [0.717, 1.165) is 18.2 Å². The Morgan fingerprint density at radius 1 is 0.850 bits per heavy atom. The van der Waals surface area contributed by atoms with Crippen molar-refractivity contribution in [1.82, 2.24) is 0 Å². The van der Waals surface area contributed by atoms with Crippen molar-refractivity contribution in [3.8, 4) is 0 Å². The van der Waals surface area contributed by atoms with E-state index in [2.05, 4.69) is 5.32 Å². The molecule has 1 N–H and O–H groups in total. The fourth-order valence-corrected chi connectivity index (χ4v) is 1.51. The molecule has 3 nitrogen and oxygen atoms in total. The summed E-state index contributed by atoms with van der Waals surface area (Å²) in [6.45, 7) is 0. The number of anilines is 1. The van der Waals surface area contributed by atoms with E-state index >= 15 is 0 Å². The Labute approximate surface area is 112 Å². The van der Waals surface area contributed by atoms with Crippen molar-refractivity contribution in [3.05, 3.63) is 65.5 Å². The maximum absolute atomic E-state index is 13.3. The van der Waals surface area contributed by atoms with Gasteiger partial charge in [0.05, 0.1) is 5.69 Å². The number of para-hydroxylation sites is 1. The first kappa shape index (κ1) is 13.8. The first-order valence-corrected chi connectivity index (χ1v) is 5.54. The van der Waals surface area contributed by atoms with Crippen molar-refractivity contribution in [1.29, 1.82) is 0 Å². The zero-order chi connectivity index (χ0) is 14.7. The van der Waals surface area contributed by atoms with Crippen LogP contribution in [0.2, 0.25) is 0 Å². The van der Waals surface area contributed by atoms with Crippen LogP contribution in [0, 0.1) is 17.5 Å². The lowest BCUT2D eigenvalue weighted by atomic mass is 10.1. The zero-order valence-corrected chi connectivity index (χ0v) is 9.99. The Morgan fingerprint density at radius 3 is 2.20 bits per heavy atom. The molecule has 1 amide bonds. The standard InChI is InChI=1S/C14H8F3NO2/c15-9-6-5-8(7-11(9)17)13(19)14(20)18-12-4-2-1-3-10(12)16/h1-7H,(H,18,20). The molecule has 20 heavy (non-hydrogen) atoms. The van der Waals surface area contributed by atoms with Crippen LogP contribution in [-0.2, 0) is 4.79 Å². The number of hydrogen-bond donors (Lipinski definition) is 1. The minimum Gasteiger partial charge on any atom is -0.317 e. The highest BCUT2D eigenvalue weighted by atomic mass is 19.2. The number of halogens is 3. The number of amides is 1. The molecule has 0 heterocycles. The van der Waals surface area contributed by atoms with Gasteiger partial charge in [0.1, 0.15) is 5.82 Å². The van der Waals surface area contributed by atoms with E-state index in [1.54, 1.807) is 0 Å². The molecule has 6 heteroatoms. The van der Waals surface area contributed by atoms with E-state index < -0.39 is 29.1 Å². The van der Waals surface area contributed by atoms with Crippen molar-refractivity contribution in [2.45, 2.75) is 0 Å². The number of carbonyl (C=O) groups is 2. The fraction of sp³-hybridized carbons (Fsp3) is 0. The van der Waals surface area contributed by atoms with Crippen LogP contribution in [0.25, 0.3) is 0 Å². The van der Waals surface area contributed by atoms with Gasteiger partial charge >= 0.3 is 0 Å². The Balaban J connectivity index is 2.19. The first-order chi connectivity index (χ1) is 9.49. The van der Waals surface area contributed by atoms with Crippen molar-refractivity contribution in [3.63, 3.8) is 0 Å². The zero-order valence-electron chi connectivity index (χ0n) is 9.99. The fourth-order valence-electron chi connectivity index (χ4n) is 1.51. The topological polar surface area (TPSA) is 46.2 Å². The third-order valence-corrected chi connectivity index (χ3v) is 2.51. The predicted molar refractivity (Wildman–Crippen MR) is 65.7 cm³/mol. The first-order valence-electron chi connectivity index (χ1n) is 5.54. The van der Waals surface area contributed by atoms with Crippen LogP contribution >= 0.6 is 0 Å². The number of rotatable bonds is 3. The molecule has 0 aliphatic heterocycles. The maximum Gasteiger partial charge on any atom is 0.296 e. The molecule has 0 fully saturated rings. The van der Waals surface area contributed by atoms with E-state index in [-0.39, 0.29) is 11.3 Å². The lowest BCUT2D eigenvalue weighted by molar-refractivity contribution is -0.112. The van der Waals surface area contributed by atoms with Crippen LogP contribution in [0.3, 0.4) is 0 Å². The van der Waals surface area contributed by atoms with Gasteiger partial charge in [-0.05, 0) is 30.3 Å². The molecule has 102 valence electrons. The van der Waals surface area contributed by atoms with Crippen molar-refractivity contribution < 1.29 is 22.8 Å². The molecule has 0 radical (unpaired) electrons. The van der Waals surface area contributed by atoms with Gasteiger partial charge in [0.15, 0.2) is 11.6 Å². The summed E-state index contributed by atoms with van der Waals surface area (Å²) in [5, 5.41) is 2.06. The highest BCUT2D eigenvalue weighted by Gasteiger charge is 2.19. The third kappa shape index (κ3) is 2.85. The van der Waals surface area contributed by atoms with Gasteiger partial charge in [-0.2, -0.15) is 0 Å². The second-order valence-electron chi connectivity index (χ2n) is 3.89. The molecule has 0 bridgehead atoms. The second-order valence-corrected chi connectivity index (χ2v) is 3.89. The molecule has 2 aromatic carbocycles. The Bertz CT molecular complexity index is 686. The highest BCUT2D eigenvalue weighted by molar-refractivity contribution is 6.46. The van der Waals surface area contributed by atoms with Crippen LogP contribution in [0.1, 0.15) is 10.4 Å². The summed E-state index contributed by atoms with van der Waals surface area (Å²) in [6.07, 6.45) is 0. The molecule has 0 atom stereocenters. The van der Waals surface area contributed by atoms with Gasteiger partial charge in [0.2, 0.25) is 0 Å². The molecule has 0 saturated heterocycles. The summed E-state index contributed by atoms with van der Waals surface area (Å²) >= 11 is 0. The molecule has 2 rings (SSSR count). The predicted octanol–water partition coefficient (Wildman–Crippen LogP) is 2.93. The Morgan fingerprint density at radius 2 is 1.55 bits per heavy atom. The number of hydrogen-bond acceptors (Lipinski definition) is 2. The lowest BCUT2D eigenvalue weighted by Crippen LogP contribution is -2.23. The smallest absolute Gasteiger partial charge is 0.296 e. The van der Waals surface area contributed by atoms with E-state index in [9.17, 15) is 22.8 Å². The number of ketones is 1. The molecule has 0 aromatic heterocycles. The summed E-state index contributed by atoms with van der Waals surface area (Å²) in [5.41, 5.74) is -0.494.